The highest BCUT2D eigenvalue weighted by atomic mass is 32.1. The lowest BCUT2D eigenvalue weighted by Crippen LogP contribution is -2.13. The number of rotatable bonds is 4. The molecule has 1 amide bonds. The number of alkyl halides is 3. The summed E-state index contributed by atoms with van der Waals surface area (Å²) in [5.41, 5.74) is 0.269. The third-order valence-electron chi connectivity index (χ3n) is 3.05. The molecule has 0 unspecified atom stereocenters. The summed E-state index contributed by atoms with van der Waals surface area (Å²) in [5, 5.41) is 3.43. The average molecular weight is 328 g/mol. The van der Waals surface area contributed by atoms with Gasteiger partial charge in [-0.3, -0.25) is 4.79 Å². The molecule has 0 aliphatic heterocycles. The maximum Gasteiger partial charge on any atom is 0.416 e. The zero-order valence-corrected chi connectivity index (χ0v) is 12.9. The number of anilines is 1. The number of aromatic nitrogens is 1. The van der Waals surface area contributed by atoms with E-state index >= 15 is 0 Å². The van der Waals surface area contributed by atoms with Crippen LogP contribution in [0.4, 0.5) is 18.9 Å². The molecule has 0 saturated carbocycles. The Morgan fingerprint density at radius 2 is 2.05 bits per heavy atom. The van der Waals surface area contributed by atoms with E-state index in [9.17, 15) is 18.0 Å². The lowest BCUT2D eigenvalue weighted by molar-refractivity contribution is -0.137. The lowest BCUT2D eigenvalue weighted by Gasteiger charge is -2.09. The Morgan fingerprint density at radius 3 is 2.64 bits per heavy atom. The van der Waals surface area contributed by atoms with Crippen LogP contribution >= 0.6 is 11.3 Å². The van der Waals surface area contributed by atoms with Crippen LogP contribution in [0.3, 0.4) is 0 Å². The molecular weight excluding hydrogens is 313 g/mol. The molecule has 0 aliphatic carbocycles. The summed E-state index contributed by atoms with van der Waals surface area (Å²) < 4.78 is 37.8. The van der Waals surface area contributed by atoms with Gasteiger partial charge in [0.05, 0.1) is 16.3 Å². The van der Waals surface area contributed by atoms with Gasteiger partial charge in [0.2, 0.25) is 5.91 Å². The molecule has 0 saturated heterocycles. The van der Waals surface area contributed by atoms with Crippen molar-refractivity contribution in [1.82, 2.24) is 4.98 Å². The summed E-state index contributed by atoms with van der Waals surface area (Å²) in [5.74, 6) is -0.315. The molecule has 1 heterocycles. The Hall–Kier alpha value is -1.89. The van der Waals surface area contributed by atoms with Gasteiger partial charge < -0.3 is 5.32 Å². The Morgan fingerprint density at radius 1 is 1.32 bits per heavy atom. The number of carbonyl (C=O) groups is 1. The number of nitrogens with zero attached hydrogens (tertiary/aromatic N) is 1. The highest BCUT2D eigenvalue weighted by Gasteiger charge is 2.30. The van der Waals surface area contributed by atoms with Crippen molar-refractivity contribution in [2.24, 2.45) is 0 Å². The monoisotopic (exact) mass is 328 g/mol. The highest BCUT2D eigenvalue weighted by Crippen LogP contribution is 2.30. The van der Waals surface area contributed by atoms with Gasteiger partial charge in [0, 0.05) is 17.0 Å². The SMILES string of the molecule is Cc1nc(C)c(CCC(=O)Nc2cccc(C(F)(F)F)c2)s1. The van der Waals surface area contributed by atoms with E-state index in [2.05, 4.69) is 10.3 Å². The van der Waals surface area contributed by atoms with Crippen LogP contribution in [0.15, 0.2) is 24.3 Å². The number of amides is 1. The molecule has 0 spiro atoms. The quantitative estimate of drug-likeness (QED) is 0.906. The highest BCUT2D eigenvalue weighted by molar-refractivity contribution is 7.11. The van der Waals surface area contributed by atoms with Crippen LogP contribution < -0.4 is 5.32 Å². The van der Waals surface area contributed by atoms with E-state index in [4.69, 9.17) is 0 Å². The van der Waals surface area contributed by atoms with Crippen LogP contribution in [0, 0.1) is 13.8 Å². The number of carbonyl (C=O) groups excluding carboxylic acids is 1. The van der Waals surface area contributed by atoms with E-state index in [0.29, 0.717) is 6.42 Å². The molecule has 1 aromatic heterocycles. The van der Waals surface area contributed by atoms with Crippen molar-refractivity contribution in [3.63, 3.8) is 0 Å². The molecule has 1 aromatic carbocycles. The molecule has 1 N–H and O–H groups in total. The standard InChI is InChI=1S/C15H15F3N2OS/c1-9-13(22-10(2)19-9)6-7-14(21)20-12-5-3-4-11(8-12)15(16,17)18/h3-5,8H,6-7H2,1-2H3,(H,20,21). The van der Waals surface area contributed by atoms with Crippen molar-refractivity contribution in [2.75, 3.05) is 5.32 Å². The van der Waals surface area contributed by atoms with Gasteiger partial charge in [0.25, 0.3) is 0 Å². The fourth-order valence-corrected chi connectivity index (χ4v) is 2.97. The number of nitrogens with one attached hydrogen (secondary N) is 1. The topological polar surface area (TPSA) is 42.0 Å². The largest absolute Gasteiger partial charge is 0.416 e. The molecule has 22 heavy (non-hydrogen) atoms. The van der Waals surface area contributed by atoms with Gasteiger partial charge in [0.15, 0.2) is 0 Å². The number of halogens is 3. The number of benzene rings is 1. The predicted octanol–water partition coefficient (Wildman–Crippen LogP) is 4.35. The first kappa shape index (κ1) is 16.5. The summed E-state index contributed by atoms with van der Waals surface area (Å²) in [7, 11) is 0. The lowest BCUT2D eigenvalue weighted by atomic mass is 10.2. The van der Waals surface area contributed by atoms with Crippen molar-refractivity contribution in [3.05, 3.63) is 45.4 Å². The maximum absolute atomic E-state index is 12.6. The molecule has 118 valence electrons. The molecule has 7 heteroatoms. The van der Waals surface area contributed by atoms with Crippen LogP contribution in [0.5, 0.6) is 0 Å². The smallest absolute Gasteiger partial charge is 0.326 e. The minimum absolute atomic E-state index is 0.150. The van der Waals surface area contributed by atoms with Gasteiger partial charge in [-0.25, -0.2) is 4.98 Å². The molecule has 3 nitrogen and oxygen atoms in total. The van der Waals surface area contributed by atoms with E-state index in [1.54, 1.807) is 0 Å². The van der Waals surface area contributed by atoms with Crippen molar-refractivity contribution < 1.29 is 18.0 Å². The van der Waals surface area contributed by atoms with Crippen molar-refractivity contribution in [1.29, 1.82) is 0 Å². The Bertz CT molecular complexity index is 680. The number of hydrogen-bond donors (Lipinski definition) is 1. The maximum atomic E-state index is 12.6. The molecule has 0 bridgehead atoms. The third kappa shape index (κ3) is 4.30. The molecule has 2 aromatic rings. The molecular formula is C15H15F3N2OS. The predicted molar refractivity (Wildman–Crippen MR) is 80.0 cm³/mol. The van der Waals surface area contributed by atoms with Crippen molar-refractivity contribution >= 4 is 22.9 Å². The summed E-state index contributed by atoms with van der Waals surface area (Å²) in [6.45, 7) is 3.77. The zero-order chi connectivity index (χ0) is 16.3. The Labute approximate surface area is 130 Å². The van der Waals surface area contributed by atoms with Gasteiger partial charge in [-0.05, 0) is 38.5 Å². The number of aryl methyl sites for hydroxylation is 3. The summed E-state index contributed by atoms with van der Waals surface area (Å²) >= 11 is 1.53. The third-order valence-corrected chi connectivity index (χ3v) is 4.19. The van der Waals surface area contributed by atoms with E-state index in [0.717, 1.165) is 27.7 Å². The number of hydrogen-bond acceptors (Lipinski definition) is 3. The fourth-order valence-electron chi connectivity index (χ4n) is 2.03. The summed E-state index contributed by atoms with van der Waals surface area (Å²) in [4.78, 5) is 17.2. The van der Waals surface area contributed by atoms with Crippen LogP contribution in [-0.2, 0) is 17.4 Å². The molecule has 0 fully saturated rings. The van der Waals surface area contributed by atoms with Gasteiger partial charge in [-0.15, -0.1) is 11.3 Å². The van der Waals surface area contributed by atoms with Crippen LogP contribution in [0.2, 0.25) is 0 Å². The fraction of sp³-hybridized carbons (Fsp3) is 0.333. The first-order valence-electron chi connectivity index (χ1n) is 6.66. The first-order valence-corrected chi connectivity index (χ1v) is 7.47. The second-order valence-corrected chi connectivity index (χ2v) is 6.16. The molecule has 0 radical (unpaired) electrons. The van der Waals surface area contributed by atoms with Crippen molar-refractivity contribution in [3.8, 4) is 0 Å². The molecule has 2 rings (SSSR count). The Balaban J connectivity index is 1.96. The molecule has 0 atom stereocenters. The van der Waals surface area contributed by atoms with Gasteiger partial charge >= 0.3 is 6.18 Å². The number of thiazole rings is 1. The van der Waals surface area contributed by atoms with Crippen LogP contribution in [-0.4, -0.2) is 10.9 Å². The Kier molecular flexibility index (Phi) is 4.85. The van der Waals surface area contributed by atoms with E-state index < -0.39 is 11.7 Å². The minimum atomic E-state index is -4.42. The average Bonchev–Trinajstić information content (AvgIpc) is 2.74. The van der Waals surface area contributed by atoms with Crippen LogP contribution in [0.25, 0.3) is 0 Å². The second-order valence-electron chi connectivity index (χ2n) is 4.87. The van der Waals surface area contributed by atoms with Crippen LogP contribution in [0.1, 0.15) is 27.6 Å². The van der Waals surface area contributed by atoms with Crippen molar-refractivity contribution in [2.45, 2.75) is 32.9 Å². The van der Waals surface area contributed by atoms with Gasteiger partial charge in [-0.1, -0.05) is 6.07 Å². The van der Waals surface area contributed by atoms with Gasteiger partial charge in [-0.2, -0.15) is 13.2 Å². The second kappa shape index (κ2) is 6.48. The van der Waals surface area contributed by atoms with Gasteiger partial charge in [0.1, 0.15) is 0 Å². The van der Waals surface area contributed by atoms with E-state index in [1.165, 1.54) is 23.5 Å². The minimum Gasteiger partial charge on any atom is -0.326 e. The van der Waals surface area contributed by atoms with E-state index in [-0.39, 0.29) is 18.0 Å². The van der Waals surface area contributed by atoms with E-state index in [1.807, 2.05) is 13.8 Å². The summed E-state index contributed by atoms with van der Waals surface area (Å²) in [6, 6.07) is 4.61. The molecule has 0 aliphatic rings. The zero-order valence-electron chi connectivity index (χ0n) is 12.1. The normalized spacial score (nSPS) is 11.5. The first-order chi connectivity index (χ1) is 10.3. The summed E-state index contributed by atoms with van der Waals surface area (Å²) in [6.07, 6.45) is -3.68.